The van der Waals surface area contributed by atoms with Gasteiger partial charge in [0.05, 0.1) is 18.6 Å². The molecular formula is C17H25N3O4. The molecular weight excluding hydrogens is 310 g/mol. The van der Waals surface area contributed by atoms with E-state index in [4.69, 9.17) is 15.7 Å². The molecule has 7 nitrogen and oxygen atoms in total. The van der Waals surface area contributed by atoms with E-state index in [1.165, 1.54) is 0 Å². The lowest BCUT2D eigenvalue weighted by atomic mass is 9.97. The van der Waals surface area contributed by atoms with Crippen molar-refractivity contribution >= 4 is 11.8 Å². The predicted octanol–water partition coefficient (Wildman–Crippen LogP) is 1.09. The van der Waals surface area contributed by atoms with Crippen molar-refractivity contribution in [3.8, 4) is 0 Å². The number of aliphatic hydroxyl groups excluding tert-OH is 1. The fourth-order valence-electron chi connectivity index (χ4n) is 2.96. The van der Waals surface area contributed by atoms with Crippen molar-refractivity contribution < 1.29 is 19.8 Å². The van der Waals surface area contributed by atoms with E-state index < -0.39 is 6.10 Å². The van der Waals surface area contributed by atoms with Crippen LogP contribution in [0.4, 0.5) is 0 Å². The molecule has 24 heavy (non-hydrogen) atoms. The van der Waals surface area contributed by atoms with Gasteiger partial charge in [-0.3, -0.25) is 9.69 Å². The first-order valence-electron chi connectivity index (χ1n) is 8.20. The smallest absolute Gasteiger partial charge is 0.310 e. The van der Waals surface area contributed by atoms with Crippen LogP contribution in [0.1, 0.15) is 37.0 Å². The van der Waals surface area contributed by atoms with Crippen molar-refractivity contribution in [1.29, 1.82) is 0 Å². The quantitative estimate of drug-likeness (QED) is 0.236. The van der Waals surface area contributed by atoms with Crippen molar-refractivity contribution in [2.75, 3.05) is 26.2 Å². The molecule has 0 saturated carbocycles. The molecule has 1 fully saturated rings. The van der Waals surface area contributed by atoms with Crippen molar-refractivity contribution in [3.05, 3.63) is 35.4 Å². The molecule has 0 aliphatic carbocycles. The summed E-state index contributed by atoms with van der Waals surface area (Å²) in [5, 5.41) is 22.0. The topological polar surface area (TPSA) is 108 Å². The van der Waals surface area contributed by atoms with E-state index in [2.05, 4.69) is 10.1 Å². The van der Waals surface area contributed by atoms with Gasteiger partial charge in [0.25, 0.3) is 0 Å². The SMILES string of the molecule is CCOC(=O)[C@H]1CCCN(CC(O)c2ccc(C(N)=NO)cc2)C1. The molecule has 0 amide bonds. The summed E-state index contributed by atoms with van der Waals surface area (Å²) in [5.41, 5.74) is 6.87. The Hall–Kier alpha value is -2.12. The number of nitrogens with two attached hydrogens (primary N) is 1. The Morgan fingerprint density at radius 1 is 1.46 bits per heavy atom. The summed E-state index contributed by atoms with van der Waals surface area (Å²) in [6.45, 7) is 4.12. The minimum atomic E-state index is -0.660. The summed E-state index contributed by atoms with van der Waals surface area (Å²) in [4.78, 5) is 14.0. The Labute approximate surface area is 141 Å². The number of oxime groups is 1. The van der Waals surface area contributed by atoms with Crippen LogP contribution in [0, 0.1) is 5.92 Å². The molecule has 2 rings (SSSR count). The maximum Gasteiger partial charge on any atom is 0.310 e. The maximum atomic E-state index is 11.9. The summed E-state index contributed by atoms with van der Waals surface area (Å²) < 4.78 is 5.09. The second-order valence-electron chi connectivity index (χ2n) is 5.97. The van der Waals surface area contributed by atoms with Gasteiger partial charge in [0.1, 0.15) is 0 Å². The third kappa shape index (κ3) is 4.69. The Morgan fingerprint density at radius 2 is 2.17 bits per heavy atom. The van der Waals surface area contributed by atoms with E-state index in [0.717, 1.165) is 24.9 Å². The van der Waals surface area contributed by atoms with E-state index >= 15 is 0 Å². The highest BCUT2D eigenvalue weighted by Crippen LogP contribution is 2.21. The Balaban J connectivity index is 1.93. The molecule has 1 unspecified atom stereocenters. The summed E-state index contributed by atoms with van der Waals surface area (Å²) in [6.07, 6.45) is 1.09. The minimum absolute atomic E-state index is 0.0318. The molecule has 1 aromatic rings. The van der Waals surface area contributed by atoms with E-state index in [0.29, 0.717) is 25.3 Å². The maximum absolute atomic E-state index is 11.9. The second kappa shape index (κ2) is 8.65. The zero-order valence-electron chi connectivity index (χ0n) is 13.9. The molecule has 4 N–H and O–H groups in total. The van der Waals surface area contributed by atoms with Gasteiger partial charge in [0.2, 0.25) is 0 Å². The lowest BCUT2D eigenvalue weighted by molar-refractivity contribution is -0.150. The Kier molecular flexibility index (Phi) is 6.57. The molecule has 1 heterocycles. The van der Waals surface area contributed by atoms with E-state index in [9.17, 15) is 9.90 Å². The fraction of sp³-hybridized carbons (Fsp3) is 0.529. The summed E-state index contributed by atoms with van der Waals surface area (Å²) >= 11 is 0. The Bertz CT molecular complexity index is 574. The van der Waals surface area contributed by atoms with Crippen LogP contribution in [-0.2, 0) is 9.53 Å². The lowest BCUT2D eigenvalue weighted by Gasteiger charge is -2.32. The molecule has 0 bridgehead atoms. The number of benzene rings is 1. The first-order valence-corrected chi connectivity index (χ1v) is 8.20. The van der Waals surface area contributed by atoms with Crippen molar-refractivity contribution in [1.82, 2.24) is 4.90 Å². The van der Waals surface area contributed by atoms with Gasteiger partial charge in [-0.1, -0.05) is 29.4 Å². The molecule has 0 spiro atoms. The highest BCUT2D eigenvalue weighted by Gasteiger charge is 2.28. The van der Waals surface area contributed by atoms with Crippen LogP contribution in [0.2, 0.25) is 0 Å². The summed E-state index contributed by atoms with van der Waals surface area (Å²) in [5.74, 6) is -0.238. The molecule has 2 atom stereocenters. The van der Waals surface area contributed by atoms with Crippen LogP contribution in [0.3, 0.4) is 0 Å². The van der Waals surface area contributed by atoms with Crippen LogP contribution < -0.4 is 5.73 Å². The number of likely N-dealkylation sites (tertiary alicyclic amines) is 1. The predicted molar refractivity (Wildman–Crippen MR) is 89.7 cm³/mol. The first-order chi connectivity index (χ1) is 11.5. The first kappa shape index (κ1) is 18.2. The Morgan fingerprint density at radius 3 is 2.79 bits per heavy atom. The van der Waals surface area contributed by atoms with Gasteiger partial charge < -0.3 is 20.8 Å². The largest absolute Gasteiger partial charge is 0.466 e. The number of hydrogen-bond donors (Lipinski definition) is 3. The van der Waals surface area contributed by atoms with Gasteiger partial charge in [0.15, 0.2) is 5.84 Å². The molecule has 7 heteroatoms. The molecule has 132 valence electrons. The van der Waals surface area contributed by atoms with Crippen molar-refractivity contribution in [3.63, 3.8) is 0 Å². The van der Waals surface area contributed by atoms with E-state index in [1.807, 2.05) is 0 Å². The van der Waals surface area contributed by atoms with Gasteiger partial charge in [-0.2, -0.15) is 0 Å². The average molecular weight is 335 g/mol. The third-order valence-electron chi connectivity index (χ3n) is 4.26. The number of ether oxygens (including phenoxy) is 1. The number of aliphatic hydroxyl groups is 1. The number of hydrogen-bond acceptors (Lipinski definition) is 6. The minimum Gasteiger partial charge on any atom is -0.466 e. The number of nitrogens with zero attached hydrogens (tertiary/aromatic N) is 2. The lowest BCUT2D eigenvalue weighted by Crippen LogP contribution is -2.41. The van der Waals surface area contributed by atoms with Gasteiger partial charge in [-0.15, -0.1) is 0 Å². The zero-order valence-corrected chi connectivity index (χ0v) is 13.9. The molecule has 1 aromatic carbocycles. The average Bonchev–Trinajstić information content (AvgIpc) is 2.61. The third-order valence-corrected chi connectivity index (χ3v) is 4.26. The van der Waals surface area contributed by atoms with Crippen LogP contribution in [0.25, 0.3) is 0 Å². The number of carbonyl (C=O) groups excluding carboxylic acids is 1. The summed E-state index contributed by atoms with van der Waals surface area (Å²) in [7, 11) is 0. The number of piperidine rings is 1. The molecule has 0 radical (unpaired) electrons. The van der Waals surface area contributed by atoms with E-state index in [-0.39, 0.29) is 17.7 Å². The highest BCUT2D eigenvalue weighted by molar-refractivity contribution is 5.96. The zero-order chi connectivity index (χ0) is 17.5. The molecule has 1 aliphatic heterocycles. The summed E-state index contributed by atoms with van der Waals surface area (Å²) in [6, 6.07) is 6.91. The molecule has 1 saturated heterocycles. The van der Waals surface area contributed by atoms with Gasteiger partial charge in [-0.25, -0.2) is 0 Å². The number of rotatable bonds is 6. The number of esters is 1. The van der Waals surface area contributed by atoms with Gasteiger partial charge >= 0.3 is 5.97 Å². The van der Waals surface area contributed by atoms with Crippen molar-refractivity contribution in [2.45, 2.75) is 25.9 Å². The van der Waals surface area contributed by atoms with Gasteiger partial charge in [0, 0.05) is 18.7 Å². The normalized spacial score (nSPS) is 20.6. The second-order valence-corrected chi connectivity index (χ2v) is 5.97. The molecule has 1 aliphatic rings. The standard InChI is InChI=1S/C17H25N3O4/c1-2-24-17(22)14-4-3-9-20(10-14)11-15(21)12-5-7-13(8-6-12)16(18)19-23/h5-8,14-15,21,23H,2-4,9-11H2,1H3,(H2,18,19)/t14-,15?/m0/s1. The van der Waals surface area contributed by atoms with Crippen molar-refractivity contribution in [2.24, 2.45) is 16.8 Å². The molecule has 0 aromatic heterocycles. The number of amidine groups is 1. The highest BCUT2D eigenvalue weighted by atomic mass is 16.5. The number of β-amino-alcohol motifs (C(OH)–C–C–N with tert-alkyl or cyclic N) is 1. The monoisotopic (exact) mass is 335 g/mol. The fourth-order valence-corrected chi connectivity index (χ4v) is 2.96. The number of carbonyl (C=O) groups is 1. The van der Waals surface area contributed by atoms with Crippen LogP contribution >= 0.6 is 0 Å². The van der Waals surface area contributed by atoms with E-state index in [1.54, 1.807) is 31.2 Å². The van der Waals surface area contributed by atoms with Gasteiger partial charge in [-0.05, 0) is 31.9 Å². The van der Waals surface area contributed by atoms with Crippen LogP contribution in [0.5, 0.6) is 0 Å². The van der Waals surface area contributed by atoms with Crippen LogP contribution in [-0.4, -0.2) is 53.3 Å². The van der Waals surface area contributed by atoms with Crippen LogP contribution in [0.15, 0.2) is 29.4 Å².